The average Bonchev–Trinajstić information content (AvgIpc) is 2.26. The average molecular weight is 311 g/mol. The van der Waals surface area contributed by atoms with Gasteiger partial charge in [-0.2, -0.15) is 0 Å². The van der Waals surface area contributed by atoms with Gasteiger partial charge in [0.2, 0.25) is 10.4 Å². The van der Waals surface area contributed by atoms with Crippen LogP contribution in [0.5, 0.6) is 0 Å². The first kappa shape index (κ1) is 21.3. The summed E-state index contributed by atoms with van der Waals surface area (Å²) in [5, 5.41) is 0. The van der Waals surface area contributed by atoms with E-state index in [1.807, 2.05) is 0 Å². The maximum absolute atomic E-state index is 11.2. The van der Waals surface area contributed by atoms with E-state index in [2.05, 4.69) is 10.8 Å². The molecular formula is C12H25NO6S. The summed E-state index contributed by atoms with van der Waals surface area (Å²) in [4.78, 5) is 11.2. The van der Waals surface area contributed by atoms with Gasteiger partial charge >= 0.3 is 5.97 Å². The predicted octanol–water partition coefficient (Wildman–Crippen LogP) is 2.15. The highest BCUT2D eigenvalue weighted by atomic mass is 32.3. The van der Waals surface area contributed by atoms with Crippen LogP contribution in [0.3, 0.4) is 0 Å². The Hall–Kier alpha value is -0.960. The van der Waals surface area contributed by atoms with Crippen LogP contribution in [0.4, 0.5) is 0 Å². The molecule has 0 aromatic carbocycles. The van der Waals surface area contributed by atoms with Gasteiger partial charge in [-0.1, -0.05) is 20.4 Å². The molecule has 0 bridgehead atoms. The molecular weight excluding hydrogens is 286 g/mol. The predicted molar refractivity (Wildman–Crippen MR) is 75.0 cm³/mol. The summed E-state index contributed by atoms with van der Waals surface area (Å²) in [5.41, 5.74) is -0.805. The summed E-state index contributed by atoms with van der Waals surface area (Å²) in [5.74, 6) is -0.762. The molecule has 0 aliphatic rings. The number of carbonyl (C=O) groups is 1. The Morgan fingerprint density at radius 1 is 1.45 bits per heavy atom. The van der Waals surface area contributed by atoms with Gasteiger partial charge in [0.05, 0.1) is 12.2 Å². The Morgan fingerprint density at radius 2 is 1.95 bits per heavy atom. The molecule has 0 amide bonds. The molecule has 0 rings (SSSR count). The third-order valence-corrected chi connectivity index (χ3v) is 3.75. The minimum atomic E-state index is -4.77. The van der Waals surface area contributed by atoms with Gasteiger partial charge in [0, 0.05) is 5.57 Å². The van der Waals surface area contributed by atoms with Crippen molar-refractivity contribution in [2.45, 2.75) is 46.1 Å². The van der Waals surface area contributed by atoms with Gasteiger partial charge in [-0.25, -0.2) is 13.2 Å². The first-order valence-electron chi connectivity index (χ1n) is 6.01. The lowest BCUT2D eigenvalue weighted by atomic mass is 9.86. The van der Waals surface area contributed by atoms with Gasteiger partial charge in [0.1, 0.15) is 0 Å². The van der Waals surface area contributed by atoms with E-state index in [9.17, 15) is 17.8 Å². The molecule has 0 saturated carbocycles. The molecule has 0 fully saturated rings. The van der Waals surface area contributed by atoms with E-state index in [-0.39, 0.29) is 18.7 Å². The molecule has 8 heteroatoms. The first-order valence-corrected chi connectivity index (χ1v) is 7.34. The quantitative estimate of drug-likeness (QED) is 0.316. The molecule has 2 unspecified atom stereocenters. The lowest BCUT2D eigenvalue weighted by molar-refractivity contribution is -0.139. The van der Waals surface area contributed by atoms with E-state index in [1.54, 1.807) is 20.8 Å². The number of quaternary nitrogens is 1. The Balaban J connectivity index is 0. The standard InChI is InChI=1S/C12H22O6S.H3N/c1-6-12(5,18-19(14,15)16)10(4)7-8-17-11(13)9(2)3;/h10H,2,6-8H2,1,3-5H3,(H,14,15,16);1H3. The van der Waals surface area contributed by atoms with Crippen molar-refractivity contribution >= 4 is 16.4 Å². The third kappa shape index (κ3) is 7.59. The van der Waals surface area contributed by atoms with Gasteiger partial charge in [-0.3, -0.25) is 4.18 Å². The summed E-state index contributed by atoms with van der Waals surface area (Å²) in [6.07, 6.45) is 0.739. The maximum Gasteiger partial charge on any atom is 0.333 e. The van der Waals surface area contributed by atoms with Crippen LogP contribution in [0, 0.1) is 5.92 Å². The molecule has 120 valence electrons. The fourth-order valence-corrected chi connectivity index (χ4v) is 2.23. The van der Waals surface area contributed by atoms with Crippen molar-refractivity contribution in [2.75, 3.05) is 6.61 Å². The van der Waals surface area contributed by atoms with Crippen LogP contribution in [-0.2, 0) is 24.1 Å². The molecule has 0 spiro atoms. The van der Waals surface area contributed by atoms with E-state index in [0.717, 1.165) is 0 Å². The SMILES string of the molecule is C=C(C)C(=O)OCCC(C)C(C)(CC)OS(=O)(=O)[O-].[NH4+]. The largest absolute Gasteiger partial charge is 0.726 e. The number of esters is 1. The zero-order chi connectivity index (χ0) is 15.3. The number of hydrogen-bond acceptors (Lipinski definition) is 6. The molecule has 0 aliphatic heterocycles. The molecule has 4 N–H and O–H groups in total. The van der Waals surface area contributed by atoms with Crippen LogP contribution in [-0.4, -0.2) is 31.1 Å². The summed E-state index contributed by atoms with van der Waals surface area (Å²) in [6.45, 7) is 10.1. The maximum atomic E-state index is 11.2. The highest BCUT2D eigenvalue weighted by Gasteiger charge is 2.32. The minimum absolute atomic E-state index is 0. The monoisotopic (exact) mass is 311 g/mol. The first-order chi connectivity index (χ1) is 8.52. The Labute approximate surface area is 120 Å². The fourth-order valence-electron chi connectivity index (χ4n) is 1.48. The number of ether oxygens (including phenoxy) is 1. The van der Waals surface area contributed by atoms with Crippen molar-refractivity contribution < 1.29 is 26.7 Å². The molecule has 7 nitrogen and oxygen atoms in total. The van der Waals surface area contributed by atoms with Gasteiger partial charge in [0.15, 0.2) is 0 Å². The van der Waals surface area contributed by atoms with Crippen molar-refractivity contribution in [3.8, 4) is 0 Å². The molecule has 2 atom stereocenters. The lowest BCUT2D eigenvalue weighted by Gasteiger charge is -2.35. The molecule has 0 aliphatic carbocycles. The Morgan fingerprint density at radius 3 is 2.30 bits per heavy atom. The van der Waals surface area contributed by atoms with Crippen molar-refractivity contribution in [3.05, 3.63) is 12.2 Å². The van der Waals surface area contributed by atoms with Crippen LogP contribution < -0.4 is 6.15 Å². The minimum Gasteiger partial charge on any atom is -0.726 e. The topological polar surface area (TPSA) is 129 Å². The van der Waals surface area contributed by atoms with Gasteiger partial charge in [-0.15, -0.1) is 0 Å². The second-order valence-corrected chi connectivity index (χ2v) is 5.75. The number of carbonyl (C=O) groups excluding carboxylic acids is 1. The lowest BCUT2D eigenvalue weighted by Crippen LogP contribution is -2.38. The molecule has 0 aromatic rings. The highest BCUT2D eigenvalue weighted by molar-refractivity contribution is 7.80. The van der Waals surface area contributed by atoms with Crippen LogP contribution in [0.25, 0.3) is 0 Å². The van der Waals surface area contributed by atoms with Crippen molar-refractivity contribution in [3.63, 3.8) is 0 Å². The van der Waals surface area contributed by atoms with Gasteiger partial charge < -0.3 is 15.4 Å². The fraction of sp³-hybridized carbons (Fsp3) is 0.750. The zero-order valence-electron chi connectivity index (χ0n) is 12.8. The van der Waals surface area contributed by atoms with E-state index >= 15 is 0 Å². The number of rotatable bonds is 8. The van der Waals surface area contributed by atoms with Crippen molar-refractivity contribution in [1.29, 1.82) is 0 Å². The molecule has 0 aromatic heterocycles. The van der Waals surface area contributed by atoms with Crippen molar-refractivity contribution in [2.24, 2.45) is 5.92 Å². The van der Waals surface area contributed by atoms with E-state index < -0.39 is 22.0 Å². The van der Waals surface area contributed by atoms with Gasteiger partial charge in [0.25, 0.3) is 0 Å². The zero-order valence-corrected chi connectivity index (χ0v) is 13.6. The smallest absolute Gasteiger partial charge is 0.333 e. The van der Waals surface area contributed by atoms with E-state index in [1.165, 1.54) is 6.92 Å². The highest BCUT2D eigenvalue weighted by Crippen LogP contribution is 2.29. The van der Waals surface area contributed by atoms with Gasteiger partial charge in [-0.05, 0) is 32.6 Å². The Kier molecular flexibility index (Phi) is 8.91. The Bertz CT molecular complexity index is 433. The van der Waals surface area contributed by atoms with Crippen molar-refractivity contribution in [1.82, 2.24) is 6.15 Å². The molecule has 0 saturated heterocycles. The normalized spacial score (nSPS) is 15.7. The molecule has 0 radical (unpaired) electrons. The summed E-state index contributed by atoms with van der Waals surface area (Å²) >= 11 is 0. The summed E-state index contributed by atoms with van der Waals surface area (Å²) < 4.78 is 41.6. The van der Waals surface area contributed by atoms with Crippen LogP contribution in [0.1, 0.15) is 40.5 Å². The van der Waals surface area contributed by atoms with E-state index in [0.29, 0.717) is 18.4 Å². The van der Waals surface area contributed by atoms with Crippen LogP contribution in [0.2, 0.25) is 0 Å². The molecule has 20 heavy (non-hydrogen) atoms. The second-order valence-electron chi connectivity index (χ2n) is 4.76. The molecule has 0 heterocycles. The van der Waals surface area contributed by atoms with Crippen LogP contribution in [0.15, 0.2) is 12.2 Å². The number of hydrogen-bond donors (Lipinski definition) is 1. The summed E-state index contributed by atoms with van der Waals surface area (Å²) in [6, 6.07) is 0. The third-order valence-electron chi connectivity index (χ3n) is 3.17. The van der Waals surface area contributed by atoms with Crippen LogP contribution >= 0.6 is 0 Å². The second kappa shape index (κ2) is 8.35. The van der Waals surface area contributed by atoms with E-state index in [4.69, 9.17) is 4.74 Å². The summed E-state index contributed by atoms with van der Waals surface area (Å²) in [7, 11) is -4.77.